The third-order valence-electron chi connectivity index (χ3n) is 7.01. The maximum Gasteiger partial charge on any atom is 0.294 e. The Morgan fingerprint density at radius 1 is 0.745 bits per heavy atom. The molecule has 0 aliphatic carbocycles. The van der Waals surface area contributed by atoms with E-state index in [0.717, 1.165) is 10.8 Å². The van der Waals surface area contributed by atoms with Crippen LogP contribution in [0.4, 0.5) is 28.4 Å². The molecule has 5 aromatic rings. The van der Waals surface area contributed by atoms with Gasteiger partial charge in [0, 0.05) is 33.5 Å². The van der Waals surface area contributed by atoms with Gasteiger partial charge in [-0.3, -0.25) is 9.11 Å². The van der Waals surface area contributed by atoms with E-state index in [-0.39, 0.29) is 35.9 Å². The van der Waals surface area contributed by atoms with E-state index < -0.39 is 26.0 Å². The summed E-state index contributed by atoms with van der Waals surface area (Å²) in [7, 11) is -7.05. The van der Waals surface area contributed by atoms with E-state index in [1.54, 1.807) is 54.6 Å². The number of nitrogens with two attached hydrogens (primary N) is 1. The molecule has 244 valence electrons. The molecule has 0 heterocycles. The van der Waals surface area contributed by atoms with Gasteiger partial charge in [-0.05, 0) is 66.4 Å². The van der Waals surface area contributed by atoms with E-state index in [2.05, 4.69) is 20.5 Å². The number of nitrogen functional groups attached to an aromatic ring is 1. The van der Waals surface area contributed by atoms with Crippen LogP contribution < -0.4 is 15.2 Å². The maximum absolute atomic E-state index is 11.6. The number of anilines is 1. The van der Waals surface area contributed by atoms with E-state index in [1.165, 1.54) is 25.3 Å². The molecule has 0 fully saturated rings. The molecule has 14 nitrogen and oxygen atoms in total. The zero-order valence-corrected chi connectivity index (χ0v) is 26.4. The SMILES string of the molecule is COc1cc(N=Nc2ccc3c(OCCCS(=O)(=O)O)cccc3c2)c(CO)cc1N=Nc1ccc(N)c2cc(S(=O)(=O)O)ccc12. The molecule has 47 heavy (non-hydrogen) atoms. The molecule has 0 radical (unpaired) electrons. The van der Waals surface area contributed by atoms with Crippen LogP contribution >= 0.6 is 0 Å². The molecule has 5 rings (SSSR count). The lowest BCUT2D eigenvalue weighted by Crippen LogP contribution is -2.08. The van der Waals surface area contributed by atoms with Crippen molar-refractivity contribution in [3.05, 3.63) is 84.4 Å². The van der Waals surface area contributed by atoms with Crippen LogP contribution in [0, 0.1) is 0 Å². The van der Waals surface area contributed by atoms with E-state index in [1.807, 2.05) is 6.07 Å². The highest BCUT2D eigenvalue weighted by Gasteiger charge is 2.14. The molecule has 16 heteroatoms. The number of methoxy groups -OCH3 is 1. The minimum absolute atomic E-state index is 0.107. The summed E-state index contributed by atoms with van der Waals surface area (Å²) in [6.45, 7) is -0.282. The van der Waals surface area contributed by atoms with Gasteiger partial charge in [0.25, 0.3) is 20.2 Å². The Morgan fingerprint density at radius 3 is 2.21 bits per heavy atom. The van der Waals surface area contributed by atoms with Gasteiger partial charge < -0.3 is 20.3 Å². The third-order valence-corrected chi connectivity index (χ3v) is 8.67. The van der Waals surface area contributed by atoms with Crippen molar-refractivity contribution in [1.82, 2.24) is 0 Å². The zero-order valence-electron chi connectivity index (χ0n) is 24.8. The fourth-order valence-corrected chi connectivity index (χ4v) is 5.71. The maximum atomic E-state index is 11.6. The van der Waals surface area contributed by atoms with Gasteiger partial charge in [0.15, 0.2) is 0 Å². The topological polar surface area (TPSA) is 223 Å². The highest BCUT2D eigenvalue weighted by molar-refractivity contribution is 7.86. The molecule has 5 aromatic carbocycles. The van der Waals surface area contributed by atoms with Crippen molar-refractivity contribution in [2.24, 2.45) is 20.5 Å². The predicted octanol–water partition coefficient (Wildman–Crippen LogP) is 6.81. The second-order valence-corrected chi connectivity index (χ2v) is 13.2. The number of fused-ring (bicyclic) bond motifs is 2. The molecule has 0 aliphatic rings. The lowest BCUT2D eigenvalue weighted by atomic mass is 10.1. The normalized spacial score (nSPS) is 12.4. The van der Waals surface area contributed by atoms with Crippen LogP contribution in [0.15, 0.2) is 104 Å². The lowest BCUT2D eigenvalue weighted by Gasteiger charge is -2.10. The third kappa shape index (κ3) is 8.05. The fraction of sp³-hybridized carbons (Fsp3) is 0.161. The van der Waals surface area contributed by atoms with Crippen molar-refractivity contribution in [2.45, 2.75) is 17.9 Å². The summed E-state index contributed by atoms with van der Waals surface area (Å²) in [6, 6.07) is 20.9. The van der Waals surface area contributed by atoms with Crippen LogP contribution in [0.1, 0.15) is 12.0 Å². The van der Waals surface area contributed by atoms with Gasteiger partial charge in [0.1, 0.15) is 17.2 Å². The lowest BCUT2D eigenvalue weighted by molar-refractivity contribution is 0.282. The van der Waals surface area contributed by atoms with Crippen molar-refractivity contribution in [1.29, 1.82) is 0 Å². The van der Waals surface area contributed by atoms with Gasteiger partial charge in [0.05, 0.1) is 48.0 Å². The Kier molecular flexibility index (Phi) is 9.78. The summed E-state index contributed by atoms with van der Waals surface area (Å²) in [6.07, 6.45) is 0.136. The number of nitrogens with zero attached hydrogens (tertiary/aromatic N) is 4. The van der Waals surface area contributed by atoms with Crippen LogP contribution in [0.3, 0.4) is 0 Å². The first-order valence-corrected chi connectivity index (χ1v) is 17.0. The first-order valence-electron chi connectivity index (χ1n) is 13.9. The Bertz CT molecular complexity index is 2260. The van der Waals surface area contributed by atoms with Crippen LogP contribution in [0.5, 0.6) is 11.5 Å². The molecular formula is C31H29N5O9S2. The largest absolute Gasteiger partial charge is 0.494 e. The average molecular weight is 680 g/mol. The molecule has 0 aromatic heterocycles. The number of rotatable bonds is 12. The van der Waals surface area contributed by atoms with Crippen molar-refractivity contribution in [3.63, 3.8) is 0 Å². The number of aliphatic hydroxyl groups excluding tert-OH is 1. The van der Waals surface area contributed by atoms with Crippen LogP contribution in [-0.2, 0) is 26.8 Å². The number of hydrogen-bond donors (Lipinski definition) is 4. The van der Waals surface area contributed by atoms with Crippen molar-refractivity contribution >= 4 is 70.2 Å². The molecule has 0 aliphatic heterocycles. The minimum atomic E-state index is -4.44. The van der Waals surface area contributed by atoms with Crippen LogP contribution in [0.25, 0.3) is 21.5 Å². The van der Waals surface area contributed by atoms with Gasteiger partial charge in [-0.1, -0.05) is 18.2 Å². The molecule has 0 unspecified atom stereocenters. The molecule has 0 bridgehead atoms. The average Bonchev–Trinajstić information content (AvgIpc) is 3.04. The molecule has 5 N–H and O–H groups in total. The molecular weight excluding hydrogens is 651 g/mol. The summed E-state index contributed by atoms with van der Waals surface area (Å²) in [4.78, 5) is -0.307. The zero-order chi connectivity index (χ0) is 33.8. The van der Waals surface area contributed by atoms with E-state index in [0.29, 0.717) is 44.9 Å². The Labute approximate surface area is 269 Å². The number of benzene rings is 5. The predicted molar refractivity (Wildman–Crippen MR) is 176 cm³/mol. The number of ether oxygens (including phenoxy) is 2. The summed E-state index contributed by atoms with van der Waals surface area (Å²) in [5.41, 5.74) is 8.21. The highest BCUT2D eigenvalue weighted by atomic mass is 32.2. The van der Waals surface area contributed by atoms with Crippen LogP contribution in [0.2, 0.25) is 0 Å². The monoisotopic (exact) mass is 679 g/mol. The molecule has 0 saturated carbocycles. The van der Waals surface area contributed by atoms with E-state index >= 15 is 0 Å². The highest BCUT2D eigenvalue weighted by Crippen LogP contribution is 2.39. The van der Waals surface area contributed by atoms with Crippen molar-refractivity contribution in [2.75, 3.05) is 25.2 Å². The van der Waals surface area contributed by atoms with Crippen molar-refractivity contribution in [3.8, 4) is 11.5 Å². The smallest absolute Gasteiger partial charge is 0.294 e. The standard InChI is InChI=1S/C31H29N5O9S2/c1-44-31-17-28(35-33-21-6-8-23-19(14-21)4-2-5-30(23)45-12-3-13-46(38,39)40)20(18-37)15-29(31)36-34-27-11-10-26(32)25-16-22(47(41,42)43)7-9-24(25)27/h2,4-11,14-17,37H,3,12-13,18,32H2,1H3,(H,38,39,40)(H,41,42,43). The minimum Gasteiger partial charge on any atom is -0.494 e. The quantitative estimate of drug-likeness (QED) is 0.0466. The second-order valence-electron chi connectivity index (χ2n) is 10.2. The summed E-state index contributed by atoms with van der Waals surface area (Å²) < 4.78 is 74.6. The second kappa shape index (κ2) is 13.8. The van der Waals surface area contributed by atoms with E-state index in [4.69, 9.17) is 19.8 Å². The van der Waals surface area contributed by atoms with Gasteiger partial charge in [-0.15, -0.1) is 10.2 Å². The molecule has 0 saturated heterocycles. The van der Waals surface area contributed by atoms with Gasteiger partial charge >= 0.3 is 0 Å². The first-order chi connectivity index (χ1) is 22.4. The molecule has 0 amide bonds. The Hall–Kier alpha value is -5.00. The summed E-state index contributed by atoms with van der Waals surface area (Å²) >= 11 is 0. The Balaban J connectivity index is 1.40. The first kappa shape index (κ1) is 33.4. The molecule has 0 atom stereocenters. The number of hydrogen-bond acceptors (Lipinski definition) is 12. The number of aliphatic hydroxyl groups is 1. The fourth-order valence-electron chi connectivity index (χ4n) is 4.72. The van der Waals surface area contributed by atoms with Crippen molar-refractivity contribution < 1.29 is 40.5 Å². The van der Waals surface area contributed by atoms with Gasteiger partial charge in [0.2, 0.25) is 0 Å². The number of azo groups is 2. The van der Waals surface area contributed by atoms with E-state index in [9.17, 15) is 26.5 Å². The molecule has 0 spiro atoms. The summed E-state index contributed by atoms with van der Waals surface area (Å²) in [5.74, 6) is 0.450. The Morgan fingerprint density at radius 2 is 1.49 bits per heavy atom. The van der Waals surface area contributed by atoms with Gasteiger partial charge in [-0.2, -0.15) is 27.1 Å². The summed E-state index contributed by atoms with van der Waals surface area (Å²) in [5, 5.41) is 29.8. The van der Waals surface area contributed by atoms with Crippen LogP contribution in [-0.4, -0.2) is 50.5 Å². The van der Waals surface area contributed by atoms with Gasteiger partial charge in [-0.25, -0.2) is 0 Å².